The van der Waals surface area contributed by atoms with Crippen LogP contribution in [0.5, 0.6) is 5.75 Å². The molecule has 1 saturated heterocycles. The number of rotatable bonds is 7. The highest BCUT2D eigenvalue weighted by Gasteiger charge is 2.22. The molecule has 0 bridgehead atoms. The molecular formula is C16H23Cl2NO. The lowest BCUT2D eigenvalue weighted by atomic mass is 10.1. The molecule has 20 heavy (non-hydrogen) atoms. The van der Waals surface area contributed by atoms with Gasteiger partial charge in [-0.3, -0.25) is 0 Å². The van der Waals surface area contributed by atoms with Crippen LogP contribution in [0.1, 0.15) is 32.6 Å². The smallest absolute Gasteiger partial charge is 0.120 e. The quantitative estimate of drug-likeness (QED) is 0.665. The largest absolute Gasteiger partial charge is 0.493 e. The van der Waals surface area contributed by atoms with Crippen LogP contribution in [-0.2, 0) is 0 Å². The molecule has 0 radical (unpaired) electrons. The SMILES string of the molecule is CCCCCN1CCC(COc2ccc(Cl)c(Cl)c2)C1. The van der Waals surface area contributed by atoms with Crippen LogP contribution in [0.4, 0.5) is 0 Å². The van der Waals surface area contributed by atoms with Crippen molar-refractivity contribution in [1.82, 2.24) is 4.90 Å². The van der Waals surface area contributed by atoms with Crippen LogP contribution in [0.15, 0.2) is 18.2 Å². The van der Waals surface area contributed by atoms with E-state index in [0.717, 1.165) is 18.9 Å². The molecule has 0 aliphatic carbocycles. The van der Waals surface area contributed by atoms with Gasteiger partial charge < -0.3 is 9.64 Å². The molecule has 2 nitrogen and oxygen atoms in total. The Morgan fingerprint density at radius 3 is 2.85 bits per heavy atom. The fraction of sp³-hybridized carbons (Fsp3) is 0.625. The van der Waals surface area contributed by atoms with Crippen molar-refractivity contribution in [2.75, 3.05) is 26.2 Å². The van der Waals surface area contributed by atoms with Gasteiger partial charge in [0.25, 0.3) is 0 Å². The van der Waals surface area contributed by atoms with Gasteiger partial charge in [-0.1, -0.05) is 43.0 Å². The Morgan fingerprint density at radius 1 is 1.25 bits per heavy atom. The molecule has 1 aliphatic rings. The Balaban J connectivity index is 1.71. The van der Waals surface area contributed by atoms with E-state index in [-0.39, 0.29) is 0 Å². The molecule has 1 fully saturated rings. The summed E-state index contributed by atoms with van der Waals surface area (Å²) in [5.74, 6) is 1.44. The molecule has 2 rings (SSSR count). The van der Waals surface area contributed by atoms with Crippen LogP contribution in [0.25, 0.3) is 0 Å². The maximum atomic E-state index is 5.98. The van der Waals surface area contributed by atoms with E-state index in [4.69, 9.17) is 27.9 Å². The number of hydrogen-bond donors (Lipinski definition) is 0. The zero-order valence-corrected chi connectivity index (χ0v) is 13.6. The minimum absolute atomic E-state index is 0.553. The van der Waals surface area contributed by atoms with Crippen LogP contribution in [0, 0.1) is 5.92 Å². The van der Waals surface area contributed by atoms with Crippen molar-refractivity contribution in [1.29, 1.82) is 0 Å². The first-order chi connectivity index (χ1) is 9.69. The summed E-state index contributed by atoms with van der Waals surface area (Å²) in [6.07, 6.45) is 5.17. The van der Waals surface area contributed by atoms with Crippen molar-refractivity contribution in [2.24, 2.45) is 5.92 Å². The van der Waals surface area contributed by atoms with Crippen molar-refractivity contribution in [3.05, 3.63) is 28.2 Å². The molecular weight excluding hydrogens is 293 g/mol. The predicted molar refractivity (Wildman–Crippen MR) is 86.0 cm³/mol. The monoisotopic (exact) mass is 315 g/mol. The van der Waals surface area contributed by atoms with Crippen LogP contribution >= 0.6 is 23.2 Å². The van der Waals surface area contributed by atoms with Crippen LogP contribution in [0.3, 0.4) is 0 Å². The molecule has 0 saturated carbocycles. The standard InChI is InChI=1S/C16H23Cl2NO/c1-2-3-4-8-19-9-7-13(11-19)12-20-14-5-6-15(17)16(18)10-14/h5-6,10,13H,2-4,7-9,11-12H2,1H3. The van der Waals surface area contributed by atoms with E-state index in [1.165, 1.54) is 38.8 Å². The minimum atomic E-state index is 0.553. The van der Waals surface area contributed by atoms with E-state index in [0.29, 0.717) is 16.0 Å². The second-order valence-electron chi connectivity index (χ2n) is 5.55. The van der Waals surface area contributed by atoms with Crippen LogP contribution < -0.4 is 4.74 Å². The van der Waals surface area contributed by atoms with Gasteiger partial charge in [0.2, 0.25) is 0 Å². The molecule has 0 spiro atoms. The van der Waals surface area contributed by atoms with E-state index in [2.05, 4.69) is 11.8 Å². The van der Waals surface area contributed by atoms with Crippen molar-refractivity contribution < 1.29 is 4.74 Å². The maximum absolute atomic E-state index is 5.98. The van der Waals surface area contributed by atoms with Gasteiger partial charge in [-0.25, -0.2) is 0 Å². The van der Waals surface area contributed by atoms with Gasteiger partial charge in [-0.15, -0.1) is 0 Å². The predicted octanol–water partition coefficient (Wildman–Crippen LogP) is 4.88. The van der Waals surface area contributed by atoms with Crippen LogP contribution in [0.2, 0.25) is 10.0 Å². The van der Waals surface area contributed by atoms with Gasteiger partial charge in [-0.2, -0.15) is 0 Å². The molecule has 1 aromatic carbocycles. The Hall–Kier alpha value is -0.440. The Labute approximate surface area is 132 Å². The van der Waals surface area contributed by atoms with Gasteiger partial charge in [-0.05, 0) is 38.1 Å². The first-order valence-corrected chi connectivity index (χ1v) is 8.25. The van der Waals surface area contributed by atoms with Gasteiger partial charge in [0, 0.05) is 18.5 Å². The third-order valence-electron chi connectivity index (χ3n) is 3.82. The second-order valence-corrected chi connectivity index (χ2v) is 6.36. The van der Waals surface area contributed by atoms with Crippen molar-refractivity contribution >= 4 is 23.2 Å². The van der Waals surface area contributed by atoms with E-state index < -0.39 is 0 Å². The average molecular weight is 316 g/mol. The highest BCUT2D eigenvalue weighted by Crippen LogP contribution is 2.27. The molecule has 0 amide bonds. The lowest BCUT2D eigenvalue weighted by Crippen LogP contribution is -2.23. The highest BCUT2D eigenvalue weighted by atomic mass is 35.5. The average Bonchev–Trinajstić information content (AvgIpc) is 2.88. The number of ether oxygens (including phenoxy) is 1. The van der Waals surface area contributed by atoms with Gasteiger partial charge >= 0.3 is 0 Å². The number of unbranched alkanes of at least 4 members (excludes halogenated alkanes) is 2. The fourth-order valence-corrected chi connectivity index (χ4v) is 2.91. The van der Waals surface area contributed by atoms with Crippen LogP contribution in [-0.4, -0.2) is 31.1 Å². The fourth-order valence-electron chi connectivity index (χ4n) is 2.62. The number of benzene rings is 1. The van der Waals surface area contributed by atoms with Crippen molar-refractivity contribution in [3.8, 4) is 5.75 Å². The second kappa shape index (κ2) is 8.11. The van der Waals surface area contributed by atoms with Crippen molar-refractivity contribution in [3.63, 3.8) is 0 Å². The summed E-state index contributed by atoms with van der Waals surface area (Å²) in [4.78, 5) is 2.55. The topological polar surface area (TPSA) is 12.5 Å². The maximum Gasteiger partial charge on any atom is 0.120 e. The summed E-state index contributed by atoms with van der Waals surface area (Å²) in [5, 5.41) is 1.12. The van der Waals surface area contributed by atoms with E-state index in [1.807, 2.05) is 6.07 Å². The lowest BCUT2D eigenvalue weighted by Gasteiger charge is -2.16. The minimum Gasteiger partial charge on any atom is -0.493 e. The third-order valence-corrected chi connectivity index (χ3v) is 4.56. The molecule has 4 heteroatoms. The van der Waals surface area contributed by atoms with Crippen molar-refractivity contribution in [2.45, 2.75) is 32.6 Å². The summed E-state index contributed by atoms with van der Waals surface area (Å²) in [7, 11) is 0. The van der Waals surface area contributed by atoms with Gasteiger partial charge in [0.15, 0.2) is 0 Å². The lowest BCUT2D eigenvalue weighted by molar-refractivity contribution is 0.239. The van der Waals surface area contributed by atoms with Gasteiger partial charge in [0.05, 0.1) is 16.7 Å². The molecule has 1 aromatic rings. The molecule has 112 valence electrons. The first-order valence-electron chi connectivity index (χ1n) is 7.49. The van der Waals surface area contributed by atoms with E-state index >= 15 is 0 Å². The molecule has 1 heterocycles. The number of likely N-dealkylation sites (tertiary alicyclic amines) is 1. The molecule has 1 aliphatic heterocycles. The van der Waals surface area contributed by atoms with E-state index in [1.54, 1.807) is 12.1 Å². The number of nitrogens with zero attached hydrogens (tertiary/aromatic N) is 1. The van der Waals surface area contributed by atoms with E-state index in [9.17, 15) is 0 Å². The first kappa shape index (κ1) is 15.9. The normalized spacial score (nSPS) is 19.4. The molecule has 1 unspecified atom stereocenters. The summed E-state index contributed by atoms with van der Waals surface area (Å²) < 4.78 is 5.83. The Kier molecular flexibility index (Phi) is 6.47. The van der Waals surface area contributed by atoms with Gasteiger partial charge in [0.1, 0.15) is 5.75 Å². The zero-order chi connectivity index (χ0) is 14.4. The Bertz CT molecular complexity index is 425. The Morgan fingerprint density at radius 2 is 2.10 bits per heavy atom. The summed E-state index contributed by atoms with van der Waals surface area (Å²) in [6.45, 7) is 6.61. The molecule has 0 N–H and O–H groups in total. The summed E-state index contributed by atoms with van der Waals surface area (Å²) in [5.41, 5.74) is 0. The molecule has 0 aromatic heterocycles. The highest BCUT2D eigenvalue weighted by molar-refractivity contribution is 6.42. The third kappa shape index (κ3) is 4.83. The molecule has 1 atom stereocenters. The summed E-state index contributed by atoms with van der Waals surface area (Å²) >= 11 is 11.9. The number of halogens is 2. The summed E-state index contributed by atoms with van der Waals surface area (Å²) in [6, 6.07) is 5.45. The zero-order valence-electron chi connectivity index (χ0n) is 12.1. The number of hydrogen-bond acceptors (Lipinski definition) is 2.